The minimum atomic E-state index is -0.353. The molecule has 3 fully saturated rings. The van der Waals surface area contributed by atoms with Crippen LogP contribution in [0.25, 0.3) is 0 Å². The molecule has 3 unspecified atom stereocenters. The molecule has 1 aliphatic carbocycles. The number of nitro benzene ring substituents is 1. The van der Waals surface area contributed by atoms with Gasteiger partial charge in [0.2, 0.25) is 0 Å². The van der Waals surface area contributed by atoms with Crippen LogP contribution in [-0.2, 0) is 9.47 Å². The third kappa shape index (κ3) is 3.32. The largest absolute Gasteiger partial charge is 0.472 e. The Labute approximate surface area is 170 Å². The van der Waals surface area contributed by atoms with E-state index in [1.807, 2.05) is 6.07 Å². The van der Waals surface area contributed by atoms with Crippen LogP contribution in [0, 0.1) is 16.0 Å². The molecule has 29 heavy (non-hydrogen) atoms. The van der Waals surface area contributed by atoms with Crippen molar-refractivity contribution in [3.05, 3.63) is 33.9 Å². The Morgan fingerprint density at radius 3 is 2.48 bits per heavy atom. The van der Waals surface area contributed by atoms with Gasteiger partial charge < -0.3 is 14.2 Å². The molecule has 3 atom stereocenters. The molecule has 0 amide bonds. The van der Waals surface area contributed by atoms with Gasteiger partial charge in [-0.1, -0.05) is 6.42 Å². The summed E-state index contributed by atoms with van der Waals surface area (Å²) < 4.78 is 18.0. The van der Waals surface area contributed by atoms with E-state index < -0.39 is 0 Å². The Bertz CT molecular complexity index is 763. The summed E-state index contributed by atoms with van der Waals surface area (Å²) in [6.45, 7) is 6.31. The third-order valence-electron chi connectivity index (χ3n) is 7.06. The molecule has 0 bridgehead atoms. The minimum absolute atomic E-state index is 0.116. The zero-order valence-corrected chi connectivity index (χ0v) is 16.8. The Balaban J connectivity index is 1.61. The Kier molecular flexibility index (Phi) is 5.19. The van der Waals surface area contributed by atoms with Gasteiger partial charge in [-0.15, -0.1) is 0 Å². The lowest BCUT2D eigenvalue weighted by Gasteiger charge is -2.58. The van der Waals surface area contributed by atoms with E-state index >= 15 is 0 Å². The number of morpholine rings is 2. The van der Waals surface area contributed by atoms with Crippen molar-refractivity contribution in [2.75, 3.05) is 52.6 Å². The molecule has 8 heteroatoms. The number of benzene rings is 1. The van der Waals surface area contributed by atoms with Gasteiger partial charge in [-0.2, -0.15) is 0 Å². The number of rotatable bonds is 3. The maximum atomic E-state index is 11.5. The summed E-state index contributed by atoms with van der Waals surface area (Å²) in [6.07, 6.45) is 4.38. The highest BCUT2D eigenvalue weighted by molar-refractivity contribution is 5.48. The van der Waals surface area contributed by atoms with Crippen LogP contribution in [-0.4, -0.2) is 73.1 Å². The second kappa shape index (κ2) is 7.83. The fourth-order valence-corrected chi connectivity index (χ4v) is 5.77. The smallest absolute Gasteiger partial charge is 0.270 e. The van der Waals surface area contributed by atoms with Crippen LogP contribution in [0.15, 0.2) is 18.2 Å². The number of non-ortho nitro benzene ring substituents is 1. The Morgan fingerprint density at radius 1 is 1.03 bits per heavy atom. The second-order valence-electron chi connectivity index (χ2n) is 8.47. The van der Waals surface area contributed by atoms with Gasteiger partial charge in [-0.25, -0.2) is 0 Å². The summed E-state index contributed by atoms with van der Waals surface area (Å²) in [7, 11) is 0. The quantitative estimate of drug-likeness (QED) is 0.567. The summed E-state index contributed by atoms with van der Waals surface area (Å²) in [5, 5.41) is 11.5. The second-order valence-corrected chi connectivity index (χ2v) is 8.47. The molecule has 0 aromatic heterocycles. The van der Waals surface area contributed by atoms with E-state index in [0.29, 0.717) is 13.2 Å². The summed E-state index contributed by atoms with van der Waals surface area (Å²) in [6, 6.07) is 5.25. The first-order chi connectivity index (χ1) is 14.2. The minimum Gasteiger partial charge on any atom is -0.472 e. The van der Waals surface area contributed by atoms with E-state index in [1.54, 1.807) is 12.1 Å². The van der Waals surface area contributed by atoms with Crippen molar-refractivity contribution in [1.29, 1.82) is 0 Å². The predicted molar refractivity (Wildman–Crippen MR) is 106 cm³/mol. The number of hydrogen-bond acceptors (Lipinski definition) is 7. The van der Waals surface area contributed by atoms with E-state index in [1.165, 1.54) is 6.42 Å². The average Bonchev–Trinajstić information content (AvgIpc) is 2.78. The number of hydrogen-bond donors (Lipinski definition) is 0. The fourth-order valence-electron chi connectivity index (χ4n) is 5.77. The third-order valence-corrected chi connectivity index (χ3v) is 7.06. The first-order valence-electron chi connectivity index (χ1n) is 10.8. The van der Waals surface area contributed by atoms with Crippen LogP contribution in [0.1, 0.15) is 37.3 Å². The summed E-state index contributed by atoms with van der Waals surface area (Å²) in [5.41, 5.74) is 0.755. The van der Waals surface area contributed by atoms with Crippen molar-refractivity contribution in [3.8, 4) is 5.75 Å². The highest BCUT2D eigenvalue weighted by Crippen LogP contribution is 2.54. The van der Waals surface area contributed by atoms with Crippen molar-refractivity contribution in [1.82, 2.24) is 9.80 Å². The molecule has 0 spiro atoms. The SMILES string of the molecule is O=[N+]([O-])c1ccc2c(c1)C(N1CCOCC1)C1CCCCC1(N1CCOCC1)O2. The van der Waals surface area contributed by atoms with E-state index in [0.717, 1.165) is 70.0 Å². The first-order valence-corrected chi connectivity index (χ1v) is 10.8. The zero-order valence-electron chi connectivity index (χ0n) is 16.8. The Hall–Kier alpha value is -1.74. The monoisotopic (exact) mass is 403 g/mol. The lowest BCUT2D eigenvalue weighted by Crippen LogP contribution is -2.66. The molecule has 3 heterocycles. The summed E-state index contributed by atoms with van der Waals surface area (Å²) >= 11 is 0. The summed E-state index contributed by atoms with van der Waals surface area (Å²) in [5.74, 6) is 1.08. The number of nitrogens with zero attached hydrogens (tertiary/aromatic N) is 3. The Morgan fingerprint density at radius 2 is 1.76 bits per heavy atom. The lowest BCUT2D eigenvalue weighted by atomic mass is 9.71. The van der Waals surface area contributed by atoms with E-state index in [2.05, 4.69) is 9.80 Å². The number of nitro groups is 1. The standard InChI is InChI=1S/C21H29N3O5/c25-24(26)16-4-5-19-17(15-16)20(22-7-11-27-12-8-22)18-3-1-2-6-21(18,29-19)23-9-13-28-14-10-23/h4-5,15,18,20H,1-3,6-14H2. The van der Waals surface area contributed by atoms with E-state index in [9.17, 15) is 10.1 Å². The molecule has 4 aliphatic rings. The van der Waals surface area contributed by atoms with Crippen molar-refractivity contribution < 1.29 is 19.1 Å². The van der Waals surface area contributed by atoms with E-state index in [-0.39, 0.29) is 28.3 Å². The lowest BCUT2D eigenvalue weighted by molar-refractivity contribution is -0.385. The fraction of sp³-hybridized carbons (Fsp3) is 0.714. The molecule has 0 N–H and O–H groups in total. The molecule has 0 radical (unpaired) electrons. The first kappa shape index (κ1) is 19.2. The molecule has 1 aromatic rings. The molecule has 158 valence electrons. The van der Waals surface area contributed by atoms with Crippen molar-refractivity contribution >= 4 is 5.69 Å². The van der Waals surface area contributed by atoms with Gasteiger partial charge in [0.05, 0.1) is 31.4 Å². The average molecular weight is 403 g/mol. The topological polar surface area (TPSA) is 77.3 Å². The number of fused-ring (bicyclic) bond motifs is 2. The van der Waals surface area contributed by atoms with Gasteiger partial charge >= 0.3 is 0 Å². The van der Waals surface area contributed by atoms with Crippen molar-refractivity contribution in [3.63, 3.8) is 0 Å². The van der Waals surface area contributed by atoms with Gasteiger partial charge in [0.15, 0.2) is 5.72 Å². The van der Waals surface area contributed by atoms with Gasteiger partial charge in [0.1, 0.15) is 5.75 Å². The predicted octanol–water partition coefficient (Wildman–Crippen LogP) is 2.58. The molecule has 2 saturated heterocycles. The van der Waals surface area contributed by atoms with Gasteiger partial charge in [0, 0.05) is 62.3 Å². The molecular formula is C21H29N3O5. The van der Waals surface area contributed by atoms with E-state index in [4.69, 9.17) is 14.2 Å². The van der Waals surface area contributed by atoms with Gasteiger partial charge in [-0.05, 0) is 18.9 Å². The normalized spacial score (nSPS) is 33.4. The molecular weight excluding hydrogens is 374 g/mol. The molecule has 1 aromatic carbocycles. The molecule has 1 saturated carbocycles. The maximum absolute atomic E-state index is 11.5. The molecule has 5 rings (SSSR count). The maximum Gasteiger partial charge on any atom is 0.270 e. The highest BCUT2D eigenvalue weighted by Gasteiger charge is 2.56. The summed E-state index contributed by atoms with van der Waals surface area (Å²) in [4.78, 5) is 16.1. The van der Waals surface area contributed by atoms with Gasteiger partial charge in [-0.3, -0.25) is 19.9 Å². The van der Waals surface area contributed by atoms with Crippen molar-refractivity contribution in [2.45, 2.75) is 37.5 Å². The van der Waals surface area contributed by atoms with Crippen LogP contribution in [0.4, 0.5) is 5.69 Å². The van der Waals surface area contributed by atoms with Gasteiger partial charge in [0.25, 0.3) is 5.69 Å². The van der Waals surface area contributed by atoms with Crippen LogP contribution in [0.5, 0.6) is 5.75 Å². The number of ether oxygens (including phenoxy) is 3. The van der Waals surface area contributed by atoms with Crippen LogP contribution >= 0.6 is 0 Å². The molecule has 3 aliphatic heterocycles. The zero-order chi connectivity index (χ0) is 19.8. The van der Waals surface area contributed by atoms with Crippen molar-refractivity contribution in [2.24, 2.45) is 5.92 Å². The molecule has 8 nitrogen and oxygen atoms in total. The van der Waals surface area contributed by atoms with Crippen LogP contribution < -0.4 is 4.74 Å². The van der Waals surface area contributed by atoms with Crippen LogP contribution in [0.3, 0.4) is 0 Å². The highest BCUT2D eigenvalue weighted by atomic mass is 16.6. The van der Waals surface area contributed by atoms with Crippen LogP contribution in [0.2, 0.25) is 0 Å².